The molecular weight excluding hydrogens is 270 g/mol. The lowest BCUT2D eigenvalue weighted by molar-refractivity contribution is 0.0732. The molecule has 7 heteroatoms. The molecule has 106 valence electrons. The first-order chi connectivity index (χ1) is 10.2. The third-order valence-corrected chi connectivity index (χ3v) is 3.90. The van der Waals surface area contributed by atoms with Crippen LogP contribution in [0.1, 0.15) is 21.6 Å². The molecule has 0 fully saturated rings. The van der Waals surface area contributed by atoms with Crippen molar-refractivity contribution in [2.45, 2.75) is 13.0 Å². The molecule has 0 spiro atoms. The summed E-state index contributed by atoms with van der Waals surface area (Å²) >= 11 is 0. The van der Waals surface area contributed by atoms with Crippen LogP contribution in [0.4, 0.5) is 0 Å². The molecule has 0 atom stereocenters. The van der Waals surface area contributed by atoms with Crippen molar-refractivity contribution < 1.29 is 4.79 Å². The van der Waals surface area contributed by atoms with E-state index in [1.54, 1.807) is 23.4 Å². The van der Waals surface area contributed by atoms with Gasteiger partial charge in [-0.3, -0.25) is 14.7 Å². The molecule has 1 aromatic carbocycles. The topological polar surface area (TPSA) is 97.6 Å². The van der Waals surface area contributed by atoms with E-state index in [1.807, 2.05) is 6.07 Å². The van der Waals surface area contributed by atoms with Gasteiger partial charge in [0.05, 0.1) is 29.6 Å². The van der Waals surface area contributed by atoms with Gasteiger partial charge >= 0.3 is 0 Å². The van der Waals surface area contributed by atoms with Crippen molar-refractivity contribution in [1.82, 2.24) is 25.1 Å². The van der Waals surface area contributed by atoms with Crippen molar-refractivity contribution in [3.63, 3.8) is 0 Å². The van der Waals surface area contributed by atoms with Gasteiger partial charge < -0.3 is 15.0 Å². The highest BCUT2D eigenvalue weighted by Gasteiger charge is 2.24. The minimum Gasteiger partial charge on any atom is -0.345 e. The molecule has 1 aliphatic heterocycles. The van der Waals surface area contributed by atoms with Crippen molar-refractivity contribution in [3.05, 3.63) is 51.7 Å². The maximum Gasteiger partial charge on any atom is 0.267 e. The molecule has 7 nitrogen and oxygen atoms in total. The molecule has 3 aromatic rings. The fourth-order valence-electron chi connectivity index (χ4n) is 2.76. The average molecular weight is 283 g/mol. The largest absolute Gasteiger partial charge is 0.345 e. The zero-order valence-electron chi connectivity index (χ0n) is 11.1. The first-order valence-corrected chi connectivity index (χ1v) is 6.73. The van der Waals surface area contributed by atoms with Crippen LogP contribution in [-0.2, 0) is 13.0 Å². The number of nitrogens with zero attached hydrogens (tertiary/aromatic N) is 2. The Morgan fingerprint density at radius 3 is 3.10 bits per heavy atom. The summed E-state index contributed by atoms with van der Waals surface area (Å²) in [6, 6.07) is 5.41. The number of aromatic amines is 3. The average Bonchev–Trinajstić information content (AvgIpc) is 3.12. The normalized spacial score (nSPS) is 14.4. The molecule has 0 saturated carbocycles. The first-order valence-electron chi connectivity index (χ1n) is 6.73. The smallest absolute Gasteiger partial charge is 0.267 e. The summed E-state index contributed by atoms with van der Waals surface area (Å²) in [5.41, 5.74) is 3.75. The first kappa shape index (κ1) is 12.0. The summed E-state index contributed by atoms with van der Waals surface area (Å²) in [7, 11) is 0. The second-order valence-corrected chi connectivity index (χ2v) is 5.15. The van der Waals surface area contributed by atoms with Gasteiger partial charge in [0, 0.05) is 17.7 Å². The van der Waals surface area contributed by atoms with Gasteiger partial charge in [-0.1, -0.05) is 0 Å². The van der Waals surface area contributed by atoms with Crippen molar-refractivity contribution >= 4 is 16.9 Å². The fourth-order valence-corrected chi connectivity index (χ4v) is 2.76. The highest BCUT2D eigenvalue weighted by Crippen LogP contribution is 2.18. The van der Waals surface area contributed by atoms with E-state index in [1.165, 1.54) is 0 Å². The number of carbonyl (C=O) groups is 1. The summed E-state index contributed by atoms with van der Waals surface area (Å²) in [6.45, 7) is 0.974. The van der Waals surface area contributed by atoms with E-state index in [4.69, 9.17) is 0 Å². The van der Waals surface area contributed by atoms with Crippen molar-refractivity contribution in [2.75, 3.05) is 6.54 Å². The Labute approximate surface area is 119 Å². The number of imidazole rings is 1. The second-order valence-electron chi connectivity index (χ2n) is 5.15. The van der Waals surface area contributed by atoms with Gasteiger partial charge in [0.15, 0.2) is 0 Å². The summed E-state index contributed by atoms with van der Waals surface area (Å²) < 4.78 is 0. The number of rotatable bonds is 1. The van der Waals surface area contributed by atoms with Crippen LogP contribution in [0.2, 0.25) is 0 Å². The zero-order valence-corrected chi connectivity index (χ0v) is 11.1. The highest BCUT2D eigenvalue weighted by molar-refractivity contribution is 5.97. The molecule has 1 aliphatic rings. The fraction of sp³-hybridized carbons (Fsp3) is 0.214. The SMILES string of the molecule is O=C(c1ccc2nc[nH]c2c1)N1CCc2c([nH][nH]c2=O)C1. The maximum atomic E-state index is 12.6. The van der Waals surface area contributed by atoms with Crippen LogP contribution >= 0.6 is 0 Å². The summed E-state index contributed by atoms with van der Waals surface area (Å²) in [4.78, 5) is 33.0. The third kappa shape index (κ3) is 1.85. The van der Waals surface area contributed by atoms with Crippen LogP contribution in [0.3, 0.4) is 0 Å². The van der Waals surface area contributed by atoms with Gasteiger partial charge in [0.25, 0.3) is 11.5 Å². The zero-order chi connectivity index (χ0) is 14.4. The molecule has 21 heavy (non-hydrogen) atoms. The van der Waals surface area contributed by atoms with Crippen molar-refractivity contribution in [3.8, 4) is 0 Å². The van der Waals surface area contributed by atoms with Crippen LogP contribution in [0, 0.1) is 0 Å². The minimum atomic E-state index is -0.0871. The number of nitrogens with one attached hydrogen (secondary N) is 3. The number of fused-ring (bicyclic) bond motifs is 2. The van der Waals surface area contributed by atoms with E-state index in [0.717, 1.165) is 22.3 Å². The van der Waals surface area contributed by atoms with E-state index in [9.17, 15) is 9.59 Å². The minimum absolute atomic E-state index is 0.0424. The van der Waals surface area contributed by atoms with Crippen LogP contribution < -0.4 is 5.56 Å². The Hall–Kier alpha value is -2.83. The molecule has 2 aromatic heterocycles. The summed E-state index contributed by atoms with van der Waals surface area (Å²) in [6.07, 6.45) is 2.18. The number of H-pyrrole nitrogens is 3. The van der Waals surface area contributed by atoms with E-state index in [-0.39, 0.29) is 11.5 Å². The van der Waals surface area contributed by atoms with Gasteiger partial charge in [-0.15, -0.1) is 0 Å². The lowest BCUT2D eigenvalue weighted by atomic mass is 10.1. The van der Waals surface area contributed by atoms with E-state index < -0.39 is 0 Å². The molecule has 0 radical (unpaired) electrons. The quantitative estimate of drug-likeness (QED) is 0.615. The predicted molar refractivity (Wildman–Crippen MR) is 76.0 cm³/mol. The second kappa shape index (κ2) is 4.34. The highest BCUT2D eigenvalue weighted by atomic mass is 16.2. The van der Waals surface area contributed by atoms with E-state index in [2.05, 4.69) is 20.2 Å². The van der Waals surface area contributed by atoms with Gasteiger partial charge in [-0.05, 0) is 24.6 Å². The third-order valence-electron chi connectivity index (χ3n) is 3.90. The standard InChI is InChI=1S/C14H13N5O2/c20-13-9-3-4-19(6-12(9)17-18-13)14(21)8-1-2-10-11(5-8)16-7-15-10/h1-2,5,7H,3-4,6H2,(H,15,16)(H2,17,18,20). The molecular formula is C14H13N5O2. The summed E-state index contributed by atoms with van der Waals surface area (Å²) in [5.74, 6) is -0.0424. The monoisotopic (exact) mass is 283 g/mol. The molecule has 3 heterocycles. The number of hydrogen-bond acceptors (Lipinski definition) is 3. The Morgan fingerprint density at radius 2 is 2.19 bits per heavy atom. The van der Waals surface area contributed by atoms with Crippen molar-refractivity contribution in [2.24, 2.45) is 0 Å². The molecule has 0 aliphatic carbocycles. The Bertz CT molecular complexity index is 888. The molecule has 3 N–H and O–H groups in total. The van der Waals surface area contributed by atoms with Gasteiger partial charge in [0.2, 0.25) is 0 Å². The van der Waals surface area contributed by atoms with Gasteiger partial charge in [-0.2, -0.15) is 0 Å². The number of hydrogen-bond donors (Lipinski definition) is 3. The van der Waals surface area contributed by atoms with Crippen LogP contribution in [0.25, 0.3) is 11.0 Å². The maximum absolute atomic E-state index is 12.6. The Morgan fingerprint density at radius 1 is 1.29 bits per heavy atom. The number of benzene rings is 1. The molecule has 0 unspecified atom stereocenters. The number of carbonyl (C=O) groups excluding carboxylic acids is 1. The molecule has 0 bridgehead atoms. The molecule has 4 rings (SSSR count). The predicted octanol–water partition coefficient (Wildman–Crippen LogP) is 0.778. The van der Waals surface area contributed by atoms with Gasteiger partial charge in [-0.25, -0.2) is 4.98 Å². The molecule has 1 amide bonds. The van der Waals surface area contributed by atoms with E-state index in [0.29, 0.717) is 25.1 Å². The lowest BCUT2D eigenvalue weighted by Crippen LogP contribution is -2.36. The Kier molecular flexibility index (Phi) is 2.47. The van der Waals surface area contributed by atoms with Gasteiger partial charge in [0.1, 0.15) is 0 Å². The van der Waals surface area contributed by atoms with Crippen LogP contribution in [0.5, 0.6) is 0 Å². The molecule has 0 saturated heterocycles. The van der Waals surface area contributed by atoms with E-state index >= 15 is 0 Å². The number of aromatic nitrogens is 4. The number of amides is 1. The van der Waals surface area contributed by atoms with Crippen LogP contribution in [0.15, 0.2) is 29.3 Å². The summed E-state index contributed by atoms with van der Waals surface area (Å²) in [5, 5.41) is 5.41. The van der Waals surface area contributed by atoms with Crippen LogP contribution in [-0.4, -0.2) is 37.5 Å². The van der Waals surface area contributed by atoms with Crippen molar-refractivity contribution in [1.29, 1.82) is 0 Å². The Balaban J connectivity index is 1.64. The lowest BCUT2D eigenvalue weighted by Gasteiger charge is -2.26.